The van der Waals surface area contributed by atoms with Crippen LogP contribution in [0, 0.1) is 0 Å². The van der Waals surface area contributed by atoms with E-state index in [9.17, 15) is 14.4 Å². The third kappa shape index (κ3) is 7.99. The van der Waals surface area contributed by atoms with E-state index in [0.717, 1.165) is 17.7 Å². The summed E-state index contributed by atoms with van der Waals surface area (Å²) in [5.41, 5.74) is 3.75. The molecule has 7 nitrogen and oxygen atoms in total. The normalized spacial score (nSPS) is 10.9. The third-order valence-electron chi connectivity index (χ3n) is 5.08. The smallest absolute Gasteiger partial charge is 0.407 e. The number of aryl methyl sites for hydroxylation is 1. The Morgan fingerprint density at radius 2 is 1.11 bits per heavy atom. The van der Waals surface area contributed by atoms with Gasteiger partial charge in [-0.25, -0.2) is 4.79 Å². The van der Waals surface area contributed by atoms with Crippen molar-refractivity contribution < 1.29 is 19.1 Å². The van der Waals surface area contributed by atoms with Crippen molar-refractivity contribution in [3.8, 4) is 0 Å². The van der Waals surface area contributed by atoms with Crippen LogP contribution < -0.4 is 16.0 Å². The van der Waals surface area contributed by atoms with Gasteiger partial charge in [-0.2, -0.15) is 0 Å². The number of amides is 3. The molecule has 3 amide bonds. The molecule has 0 bridgehead atoms. The number of anilines is 2. The summed E-state index contributed by atoms with van der Waals surface area (Å²) < 4.78 is 5.21. The molecule has 0 aliphatic heterocycles. The fourth-order valence-corrected chi connectivity index (χ4v) is 3.20. The molecule has 0 saturated carbocycles. The Kier molecular flexibility index (Phi) is 8.25. The number of benzene rings is 3. The Hall–Kier alpha value is -4.13. The lowest BCUT2D eigenvalue weighted by Gasteiger charge is -2.19. The average Bonchev–Trinajstić information content (AvgIpc) is 2.83. The van der Waals surface area contributed by atoms with Gasteiger partial charge in [0.15, 0.2) is 0 Å². The average molecular weight is 474 g/mol. The Balaban J connectivity index is 1.52. The monoisotopic (exact) mass is 473 g/mol. The second kappa shape index (κ2) is 11.3. The Morgan fingerprint density at radius 3 is 1.51 bits per heavy atom. The summed E-state index contributed by atoms with van der Waals surface area (Å²) in [7, 11) is 0. The van der Waals surface area contributed by atoms with Crippen LogP contribution in [-0.4, -0.2) is 23.5 Å². The molecule has 3 aromatic rings. The van der Waals surface area contributed by atoms with Gasteiger partial charge in [-0.1, -0.05) is 31.2 Å². The molecule has 0 heterocycles. The number of carbonyl (C=O) groups is 3. The predicted molar refractivity (Wildman–Crippen MR) is 138 cm³/mol. The number of carbonyl (C=O) groups excluding carboxylic acids is 3. The van der Waals surface area contributed by atoms with Crippen LogP contribution in [-0.2, 0) is 17.7 Å². The van der Waals surface area contributed by atoms with E-state index in [1.54, 1.807) is 57.2 Å². The number of nitrogens with one attached hydrogen (secondary N) is 3. The minimum Gasteiger partial charge on any atom is -0.444 e. The highest BCUT2D eigenvalue weighted by Crippen LogP contribution is 2.15. The van der Waals surface area contributed by atoms with Crippen molar-refractivity contribution >= 4 is 29.3 Å². The molecule has 0 fully saturated rings. The largest absolute Gasteiger partial charge is 0.444 e. The molecule has 0 unspecified atom stereocenters. The summed E-state index contributed by atoms with van der Waals surface area (Å²) in [4.78, 5) is 36.9. The molecule has 182 valence electrons. The Labute approximate surface area is 205 Å². The first kappa shape index (κ1) is 25.5. The molecule has 35 heavy (non-hydrogen) atoms. The lowest BCUT2D eigenvalue weighted by molar-refractivity contribution is 0.0523. The molecular formula is C28H31N3O4. The van der Waals surface area contributed by atoms with E-state index in [4.69, 9.17) is 4.74 Å². The van der Waals surface area contributed by atoms with Crippen molar-refractivity contribution in [3.05, 3.63) is 95.1 Å². The zero-order valence-electron chi connectivity index (χ0n) is 20.5. The Bertz CT molecular complexity index is 1160. The highest BCUT2D eigenvalue weighted by molar-refractivity contribution is 6.07. The van der Waals surface area contributed by atoms with E-state index in [0.29, 0.717) is 23.4 Å². The van der Waals surface area contributed by atoms with Crippen molar-refractivity contribution in [3.63, 3.8) is 0 Å². The molecule has 7 heteroatoms. The molecule has 3 rings (SSSR count). The molecule has 0 saturated heterocycles. The van der Waals surface area contributed by atoms with Crippen LogP contribution in [0.2, 0.25) is 0 Å². The van der Waals surface area contributed by atoms with Crippen LogP contribution in [0.1, 0.15) is 59.5 Å². The second-order valence-electron chi connectivity index (χ2n) is 9.09. The topological polar surface area (TPSA) is 96.5 Å². The summed E-state index contributed by atoms with van der Waals surface area (Å²) >= 11 is 0. The van der Waals surface area contributed by atoms with Gasteiger partial charge in [0.05, 0.1) is 0 Å². The summed E-state index contributed by atoms with van der Waals surface area (Å²) in [5.74, 6) is -0.525. The van der Waals surface area contributed by atoms with Gasteiger partial charge < -0.3 is 20.7 Å². The molecule has 0 aliphatic carbocycles. The van der Waals surface area contributed by atoms with Gasteiger partial charge in [-0.15, -0.1) is 0 Å². The fraction of sp³-hybridized carbons (Fsp3) is 0.250. The lowest BCUT2D eigenvalue weighted by Crippen LogP contribution is -2.32. The van der Waals surface area contributed by atoms with Crippen LogP contribution in [0.4, 0.5) is 16.2 Å². The van der Waals surface area contributed by atoms with Crippen molar-refractivity contribution in [2.24, 2.45) is 0 Å². The Morgan fingerprint density at radius 1 is 0.686 bits per heavy atom. The van der Waals surface area contributed by atoms with Gasteiger partial charge in [-0.05, 0) is 86.8 Å². The molecule has 0 aliphatic rings. The van der Waals surface area contributed by atoms with Gasteiger partial charge in [0, 0.05) is 29.0 Å². The number of hydrogen-bond donors (Lipinski definition) is 3. The zero-order chi connectivity index (χ0) is 25.4. The lowest BCUT2D eigenvalue weighted by atomic mass is 10.1. The standard InChI is InChI=1S/C28H31N3O4/c1-5-19-6-14-23(15-7-19)30-25(32)21-10-12-22(13-11-21)26(33)31-24-16-8-20(9-17-24)18-29-27(34)35-28(2,3)4/h6-17H,5,18H2,1-4H3,(H,29,34)(H,30,32)(H,31,33). The summed E-state index contributed by atoms with van der Waals surface area (Å²) in [6, 6.07) is 21.3. The maximum atomic E-state index is 12.6. The molecule has 0 aromatic heterocycles. The molecule has 3 aromatic carbocycles. The second-order valence-corrected chi connectivity index (χ2v) is 9.09. The fourth-order valence-electron chi connectivity index (χ4n) is 3.20. The molecule has 3 N–H and O–H groups in total. The van der Waals surface area contributed by atoms with Crippen molar-refractivity contribution in [2.45, 2.75) is 46.3 Å². The van der Waals surface area contributed by atoms with E-state index >= 15 is 0 Å². The SMILES string of the molecule is CCc1ccc(NC(=O)c2ccc(C(=O)Nc3ccc(CNC(=O)OC(C)(C)C)cc3)cc2)cc1. The zero-order valence-corrected chi connectivity index (χ0v) is 20.5. The van der Waals surface area contributed by atoms with Crippen LogP contribution in [0.15, 0.2) is 72.8 Å². The number of alkyl carbamates (subject to hydrolysis) is 1. The van der Waals surface area contributed by atoms with Gasteiger partial charge in [0.25, 0.3) is 11.8 Å². The highest BCUT2D eigenvalue weighted by atomic mass is 16.6. The van der Waals surface area contributed by atoms with E-state index < -0.39 is 11.7 Å². The number of ether oxygens (including phenoxy) is 1. The van der Waals surface area contributed by atoms with Crippen LogP contribution in [0.3, 0.4) is 0 Å². The number of rotatable bonds is 7. The number of hydrogen-bond acceptors (Lipinski definition) is 4. The van der Waals surface area contributed by atoms with E-state index in [1.807, 2.05) is 36.4 Å². The van der Waals surface area contributed by atoms with Crippen LogP contribution in [0.25, 0.3) is 0 Å². The maximum Gasteiger partial charge on any atom is 0.407 e. The summed E-state index contributed by atoms with van der Waals surface area (Å²) in [5, 5.41) is 8.38. The van der Waals surface area contributed by atoms with Gasteiger partial charge in [0.1, 0.15) is 5.60 Å². The molecule has 0 radical (unpaired) electrons. The maximum absolute atomic E-state index is 12.6. The van der Waals surface area contributed by atoms with E-state index in [1.165, 1.54) is 5.56 Å². The molecule has 0 spiro atoms. The van der Waals surface area contributed by atoms with E-state index in [2.05, 4.69) is 22.9 Å². The quantitative estimate of drug-likeness (QED) is 0.405. The highest BCUT2D eigenvalue weighted by Gasteiger charge is 2.15. The molecular weight excluding hydrogens is 442 g/mol. The van der Waals surface area contributed by atoms with Crippen molar-refractivity contribution in [1.82, 2.24) is 5.32 Å². The third-order valence-corrected chi connectivity index (χ3v) is 5.08. The minimum atomic E-state index is -0.555. The van der Waals surface area contributed by atoms with Gasteiger partial charge in [0.2, 0.25) is 0 Å². The molecule has 0 atom stereocenters. The first-order chi connectivity index (χ1) is 16.6. The van der Waals surface area contributed by atoms with Crippen molar-refractivity contribution in [1.29, 1.82) is 0 Å². The van der Waals surface area contributed by atoms with Crippen LogP contribution in [0.5, 0.6) is 0 Å². The van der Waals surface area contributed by atoms with E-state index in [-0.39, 0.29) is 11.8 Å². The van der Waals surface area contributed by atoms with Gasteiger partial charge in [-0.3, -0.25) is 9.59 Å². The van der Waals surface area contributed by atoms with Crippen molar-refractivity contribution in [2.75, 3.05) is 10.6 Å². The summed E-state index contributed by atoms with van der Waals surface area (Å²) in [6.07, 6.45) is 0.453. The minimum absolute atomic E-state index is 0.239. The summed E-state index contributed by atoms with van der Waals surface area (Å²) in [6.45, 7) is 7.80. The predicted octanol–water partition coefficient (Wildman–Crippen LogP) is 5.78. The first-order valence-corrected chi connectivity index (χ1v) is 11.5. The van der Waals surface area contributed by atoms with Crippen LogP contribution >= 0.6 is 0 Å². The first-order valence-electron chi connectivity index (χ1n) is 11.5. The van der Waals surface area contributed by atoms with Gasteiger partial charge >= 0.3 is 6.09 Å².